The van der Waals surface area contributed by atoms with Crippen LogP contribution in [0.25, 0.3) is 0 Å². The van der Waals surface area contributed by atoms with Crippen molar-refractivity contribution in [2.45, 2.75) is 66.8 Å². The van der Waals surface area contributed by atoms with E-state index in [0.29, 0.717) is 6.04 Å². The maximum absolute atomic E-state index is 4.71. The van der Waals surface area contributed by atoms with Gasteiger partial charge in [0.1, 0.15) is 17.5 Å². The van der Waals surface area contributed by atoms with E-state index in [0.717, 1.165) is 42.5 Å². The van der Waals surface area contributed by atoms with Gasteiger partial charge in [0, 0.05) is 24.7 Å². The Labute approximate surface area is 124 Å². The van der Waals surface area contributed by atoms with Crippen LogP contribution in [-0.4, -0.2) is 29.1 Å². The monoisotopic (exact) mass is 278 g/mol. The Morgan fingerprint density at radius 2 is 1.85 bits per heavy atom. The summed E-state index contributed by atoms with van der Waals surface area (Å²) < 4.78 is 0. The molecule has 4 heteroatoms. The zero-order valence-electron chi connectivity index (χ0n) is 14.0. The lowest BCUT2D eigenvalue weighted by Crippen LogP contribution is -2.35. The second-order valence-corrected chi connectivity index (χ2v) is 5.40. The van der Waals surface area contributed by atoms with Gasteiger partial charge in [0.15, 0.2) is 0 Å². The quantitative estimate of drug-likeness (QED) is 0.782. The highest BCUT2D eigenvalue weighted by Gasteiger charge is 2.19. The van der Waals surface area contributed by atoms with Crippen LogP contribution in [0, 0.1) is 13.8 Å². The van der Waals surface area contributed by atoms with E-state index < -0.39 is 0 Å². The topological polar surface area (TPSA) is 41.1 Å². The predicted molar refractivity (Wildman–Crippen MR) is 87.7 cm³/mol. The summed E-state index contributed by atoms with van der Waals surface area (Å²) >= 11 is 0. The first-order valence-electron chi connectivity index (χ1n) is 7.90. The number of nitrogens with one attached hydrogen (secondary N) is 1. The van der Waals surface area contributed by atoms with Crippen molar-refractivity contribution >= 4 is 11.6 Å². The van der Waals surface area contributed by atoms with Gasteiger partial charge in [-0.3, -0.25) is 0 Å². The van der Waals surface area contributed by atoms with Crippen LogP contribution in [0.1, 0.15) is 58.3 Å². The molecule has 1 unspecified atom stereocenters. The van der Waals surface area contributed by atoms with Crippen molar-refractivity contribution in [2.24, 2.45) is 0 Å². The SMILES string of the molecule is CCCCN(c1nc(C)nc(NCC)c1C)C(C)CC. The van der Waals surface area contributed by atoms with Crippen LogP contribution in [0.2, 0.25) is 0 Å². The summed E-state index contributed by atoms with van der Waals surface area (Å²) in [6.45, 7) is 14.9. The largest absolute Gasteiger partial charge is 0.370 e. The van der Waals surface area contributed by atoms with Crippen molar-refractivity contribution < 1.29 is 0 Å². The first kappa shape index (κ1) is 16.7. The zero-order chi connectivity index (χ0) is 15.1. The van der Waals surface area contributed by atoms with E-state index in [4.69, 9.17) is 4.98 Å². The highest BCUT2D eigenvalue weighted by Crippen LogP contribution is 2.26. The van der Waals surface area contributed by atoms with Crippen LogP contribution in [0.15, 0.2) is 0 Å². The number of rotatable bonds is 8. The lowest BCUT2D eigenvalue weighted by atomic mass is 10.1. The zero-order valence-corrected chi connectivity index (χ0v) is 14.0. The van der Waals surface area contributed by atoms with Crippen LogP contribution in [0.4, 0.5) is 11.6 Å². The standard InChI is InChI=1S/C16H30N4/c1-7-10-11-20(12(4)8-2)16-13(5)15(17-9-3)18-14(6)19-16/h12H,7-11H2,1-6H3,(H,17,18,19). The van der Waals surface area contributed by atoms with Crippen LogP contribution in [0.5, 0.6) is 0 Å². The molecular formula is C16H30N4. The van der Waals surface area contributed by atoms with E-state index in [1.807, 2.05) is 6.92 Å². The van der Waals surface area contributed by atoms with Crippen LogP contribution >= 0.6 is 0 Å². The molecule has 0 amide bonds. The van der Waals surface area contributed by atoms with Crippen LogP contribution in [0.3, 0.4) is 0 Å². The molecular weight excluding hydrogens is 248 g/mol. The van der Waals surface area contributed by atoms with Crippen LogP contribution in [-0.2, 0) is 0 Å². The van der Waals surface area contributed by atoms with Gasteiger partial charge >= 0.3 is 0 Å². The third-order valence-corrected chi connectivity index (χ3v) is 3.72. The van der Waals surface area contributed by atoms with E-state index >= 15 is 0 Å². The highest BCUT2D eigenvalue weighted by atomic mass is 15.2. The number of unbranched alkanes of at least 4 members (excludes halogenated alkanes) is 1. The van der Waals surface area contributed by atoms with Crippen molar-refractivity contribution in [2.75, 3.05) is 23.3 Å². The molecule has 1 atom stereocenters. The molecule has 114 valence electrons. The maximum atomic E-state index is 4.71. The Kier molecular flexibility index (Phi) is 6.76. The van der Waals surface area contributed by atoms with E-state index in [1.165, 1.54) is 12.8 Å². The average molecular weight is 278 g/mol. The molecule has 0 fully saturated rings. The lowest BCUT2D eigenvalue weighted by Gasteiger charge is -2.31. The van der Waals surface area contributed by atoms with Crippen molar-refractivity contribution in [1.82, 2.24) is 9.97 Å². The summed E-state index contributed by atoms with van der Waals surface area (Å²) in [6, 6.07) is 0.504. The molecule has 0 saturated carbocycles. The third-order valence-electron chi connectivity index (χ3n) is 3.72. The summed E-state index contributed by atoms with van der Waals surface area (Å²) in [5.74, 6) is 2.91. The maximum Gasteiger partial charge on any atom is 0.137 e. The van der Waals surface area contributed by atoms with E-state index in [-0.39, 0.29) is 0 Å². The van der Waals surface area contributed by atoms with Gasteiger partial charge in [0.05, 0.1) is 0 Å². The van der Waals surface area contributed by atoms with Crippen molar-refractivity contribution in [3.05, 3.63) is 11.4 Å². The summed E-state index contributed by atoms with van der Waals surface area (Å²) in [6.07, 6.45) is 3.53. The minimum absolute atomic E-state index is 0.504. The molecule has 0 radical (unpaired) electrons. The van der Waals surface area contributed by atoms with Gasteiger partial charge in [-0.05, 0) is 40.5 Å². The molecule has 1 heterocycles. The fraction of sp³-hybridized carbons (Fsp3) is 0.750. The van der Waals surface area contributed by atoms with E-state index in [1.54, 1.807) is 0 Å². The molecule has 0 bridgehead atoms. The fourth-order valence-corrected chi connectivity index (χ4v) is 2.32. The van der Waals surface area contributed by atoms with Gasteiger partial charge < -0.3 is 10.2 Å². The molecule has 20 heavy (non-hydrogen) atoms. The number of anilines is 2. The second kappa shape index (κ2) is 8.08. The van der Waals surface area contributed by atoms with E-state index in [9.17, 15) is 0 Å². The lowest BCUT2D eigenvalue weighted by molar-refractivity contribution is 0.587. The first-order valence-corrected chi connectivity index (χ1v) is 7.90. The normalized spacial score (nSPS) is 12.3. The minimum Gasteiger partial charge on any atom is -0.370 e. The smallest absolute Gasteiger partial charge is 0.137 e. The van der Waals surface area contributed by atoms with Gasteiger partial charge in [-0.25, -0.2) is 9.97 Å². The average Bonchev–Trinajstić information content (AvgIpc) is 2.43. The van der Waals surface area contributed by atoms with Crippen molar-refractivity contribution in [3.8, 4) is 0 Å². The molecule has 0 aliphatic carbocycles. The summed E-state index contributed by atoms with van der Waals surface area (Å²) in [4.78, 5) is 11.7. The van der Waals surface area contributed by atoms with Gasteiger partial charge in [0.25, 0.3) is 0 Å². The molecule has 0 spiro atoms. The second-order valence-electron chi connectivity index (χ2n) is 5.40. The molecule has 1 aromatic heterocycles. The molecule has 0 aliphatic heterocycles. The van der Waals surface area contributed by atoms with Gasteiger partial charge in [-0.1, -0.05) is 20.3 Å². The third kappa shape index (κ3) is 4.09. The van der Waals surface area contributed by atoms with Crippen molar-refractivity contribution in [1.29, 1.82) is 0 Å². The molecule has 0 aromatic carbocycles. The molecule has 1 rings (SSSR count). The molecule has 1 aromatic rings. The van der Waals surface area contributed by atoms with Gasteiger partial charge in [0.2, 0.25) is 0 Å². The molecule has 0 aliphatic rings. The molecule has 1 N–H and O–H groups in total. The summed E-state index contributed by atoms with van der Waals surface area (Å²) in [5.41, 5.74) is 1.16. The Bertz CT molecular complexity index is 417. The molecule has 0 saturated heterocycles. The number of aromatic nitrogens is 2. The first-order chi connectivity index (χ1) is 9.54. The molecule has 4 nitrogen and oxygen atoms in total. The van der Waals surface area contributed by atoms with E-state index in [2.05, 4.69) is 49.8 Å². The van der Waals surface area contributed by atoms with Crippen LogP contribution < -0.4 is 10.2 Å². The Morgan fingerprint density at radius 3 is 2.40 bits per heavy atom. The minimum atomic E-state index is 0.504. The number of hydrogen-bond acceptors (Lipinski definition) is 4. The Balaban J connectivity index is 3.17. The predicted octanol–water partition coefficient (Wildman–Crippen LogP) is 3.93. The van der Waals surface area contributed by atoms with Gasteiger partial charge in [-0.2, -0.15) is 0 Å². The Hall–Kier alpha value is -1.32. The summed E-state index contributed by atoms with van der Waals surface area (Å²) in [7, 11) is 0. The van der Waals surface area contributed by atoms with Crippen molar-refractivity contribution in [3.63, 3.8) is 0 Å². The number of aryl methyl sites for hydroxylation is 1. The number of hydrogen-bond donors (Lipinski definition) is 1. The summed E-state index contributed by atoms with van der Waals surface area (Å²) in [5, 5.41) is 3.35. The van der Waals surface area contributed by atoms with Gasteiger partial charge in [-0.15, -0.1) is 0 Å². The highest BCUT2D eigenvalue weighted by molar-refractivity contribution is 5.59. The number of nitrogens with zero attached hydrogens (tertiary/aromatic N) is 3. The Morgan fingerprint density at radius 1 is 1.15 bits per heavy atom. The fourth-order valence-electron chi connectivity index (χ4n) is 2.32.